The van der Waals surface area contributed by atoms with Crippen molar-refractivity contribution in [3.63, 3.8) is 0 Å². The van der Waals surface area contributed by atoms with Crippen molar-refractivity contribution in [2.24, 2.45) is 0 Å². The molecule has 3 nitrogen and oxygen atoms in total. The quantitative estimate of drug-likeness (QED) is 0.514. The van der Waals surface area contributed by atoms with Gasteiger partial charge in [-0.2, -0.15) is 0 Å². The number of carbonyl (C=O) groups is 2. The summed E-state index contributed by atoms with van der Waals surface area (Å²) < 4.78 is 18.1. The molecule has 1 atom stereocenters. The van der Waals surface area contributed by atoms with E-state index in [0.29, 0.717) is 5.56 Å². The minimum atomic E-state index is -0.918. The Balaban J connectivity index is 1.64. The molecule has 25 heavy (non-hydrogen) atoms. The second kappa shape index (κ2) is 7.26. The Hall–Kier alpha value is -3.01. The number of hydrogen-bond acceptors (Lipinski definition) is 3. The van der Waals surface area contributed by atoms with E-state index in [4.69, 9.17) is 4.74 Å². The maximum Gasteiger partial charge on any atom is 0.310 e. The standard InChI is InChI=1S/C21H17FO3/c1-14(21(24)17-8-10-19(22)11-9-17)25-20(23)13-15-6-7-16-4-2-3-5-18(16)12-15/h2-12,14H,13H2,1H3/t14-/m1/s1. The van der Waals surface area contributed by atoms with Crippen LogP contribution in [0.25, 0.3) is 10.8 Å². The van der Waals surface area contributed by atoms with Gasteiger partial charge in [0, 0.05) is 5.56 Å². The molecule has 0 heterocycles. The minimum absolute atomic E-state index is 0.0892. The first-order valence-corrected chi connectivity index (χ1v) is 8.00. The van der Waals surface area contributed by atoms with Crippen LogP contribution in [0.2, 0.25) is 0 Å². The average molecular weight is 336 g/mol. The largest absolute Gasteiger partial charge is 0.454 e. The van der Waals surface area contributed by atoms with Crippen molar-refractivity contribution in [2.45, 2.75) is 19.4 Å². The van der Waals surface area contributed by atoms with Gasteiger partial charge < -0.3 is 4.74 Å². The van der Waals surface area contributed by atoms with Crippen molar-refractivity contribution in [3.8, 4) is 0 Å². The summed E-state index contributed by atoms with van der Waals surface area (Å²) in [6.45, 7) is 1.52. The molecule has 3 rings (SSSR count). The van der Waals surface area contributed by atoms with Crippen LogP contribution < -0.4 is 0 Å². The smallest absolute Gasteiger partial charge is 0.310 e. The van der Waals surface area contributed by atoms with Gasteiger partial charge in [-0.1, -0.05) is 42.5 Å². The maximum atomic E-state index is 12.9. The van der Waals surface area contributed by atoms with E-state index in [1.165, 1.54) is 31.2 Å². The molecule has 0 saturated carbocycles. The molecule has 3 aromatic carbocycles. The molecule has 0 N–H and O–H groups in total. The van der Waals surface area contributed by atoms with E-state index >= 15 is 0 Å². The highest BCUT2D eigenvalue weighted by Crippen LogP contribution is 2.16. The topological polar surface area (TPSA) is 43.4 Å². The highest BCUT2D eigenvalue weighted by atomic mass is 19.1. The summed E-state index contributed by atoms with van der Waals surface area (Å²) in [7, 11) is 0. The molecule has 0 spiro atoms. The lowest BCUT2D eigenvalue weighted by Gasteiger charge is -2.12. The first kappa shape index (κ1) is 16.8. The molecule has 0 aliphatic rings. The number of benzene rings is 3. The molecule has 0 unspecified atom stereocenters. The normalized spacial score (nSPS) is 11.9. The number of carbonyl (C=O) groups excluding carboxylic acids is 2. The molecule has 0 amide bonds. The predicted molar refractivity (Wildman–Crippen MR) is 93.9 cm³/mol. The first-order valence-electron chi connectivity index (χ1n) is 8.00. The fourth-order valence-corrected chi connectivity index (χ4v) is 2.66. The van der Waals surface area contributed by atoms with Crippen LogP contribution in [-0.2, 0) is 16.0 Å². The summed E-state index contributed by atoms with van der Waals surface area (Å²) in [5.41, 5.74) is 1.14. The van der Waals surface area contributed by atoms with Gasteiger partial charge >= 0.3 is 5.97 Å². The van der Waals surface area contributed by atoms with Crippen molar-refractivity contribution in [2.75, 3.05) is 0 Å². The molecule has 126 valence electrons. The highest BCUT2D eigenvalue weighted by Gasteiger charge is 2.19. The van der Waals surface area contributed by atoms with E-state index in [2.05, 4.69) is 0 Å². The predicted octanol–water partition coefficient (Wildman–Crippen LogP) is 4.34. The van der Waals surface area contributed by atoms with Crippen LogP contribution in [0.4, 0.5) is 4.39 Å². The molecule has 0 aliphatic carbocycles. The summed E-state index contributed by atoms with van der Waals surface area (Å²) in [6, 6.07) is 18.8. The molecular weight excluding hydrogens is 319 g/mol. The second-order valence-electron chi connectivity index (χ2n) is 5.86. The van der Waals surface area contributed by atoms with Crippen LogP contribution in [0.5, 0.6) is 0 Å². The van der Waals surface area contributed by atoms with Crippen molar-refractivity contribution in [3.05, 3.63) is 83.7 Å². The lowest BCUT2D eigenvalue weighted by Crippen LogP contribution is -2.25. The summed E-state index contributed by atoms with van der Waals surface area (Å²) in [4.78, 5) is 24.3. The summed E-state index contributed by atoms with van der Waals surface area (Å²) >= 11 is 0. The van der Waals surface area contributed by atoms with E-state index < -0.39 is 17.9 Å². The van der Waals surface area contributed by atoms with Gasteiger partial charge in [0.15, 0.2) is 6.10 Å². The zero-order valence-electron chi connectivity index (χ0n) is 13.7. The van der Waals surface area contributed by atoms with Gasteiger partial charge in [-0.05, 0) is 47.5 Å². The first-order chi connectivity index (χ1) is 12.0. The summed E-state index contributed by atoms with van der Waals surface area (Å²) in [6.07, 6.45) is -0.829. The number of hydrogen-bond donors (Lipinski definition) is 0. The Kier molecular flexibility index (Phi) is 4.89. The Morgan fingerprint density at radius 1 is 0.960 bits per heavy atom. The van der Waals surface area contributed by atoms with Crippen LogP contribution in [0, 0.1) is 5.82 Å². The number of esters is 1. The summed E-state index contributed by atoms with van der Waals surface area (Å²) in [5, 5.41) is 2.14. The van der Waals surface area contributed by atoms with Crippen LogP contribution in [0.3, 0.4) is 0 Å². The van der Waals surface area contributed by atoms with E-state index in [0.717, 1.165) is 16.3 Å². The van der Waals surface area contributed by atoms with Gasteiger partial charge in [0.05, 0.1) is 6.42 Å². The number of halogens is 1. The monoisotopic (exact) mass is 336 g/mol. The molecule has 0 aromatic heterocycles. The molecule has 0 saturated heterocycles. The number of ketones is 1. The third-order valence-electron chi connectivity index (χ3n) is 3.97. The van der Waals surface area contributed by atoms with Gasteiger partial charge in [-0.3, -0.25) is 9.59 Å². The van der Waals surface area contributed by atoms with E-state index in [1.807, 2.05) is 42.5 Å². The fraction of sp³-hybridized carbons (Fsp3) is 0.143. The number of fused-ring (bicyclic) bond motifs is 1. The maximum absolute atomic E-state index is 12.9. The minimum Gasteiger partial charge on any atom is -0.454 e. The molecule has 0 radical (unpaired) electrons. The number of rotatable bonds is 5. The van der Waals surface area contributed by atoms with Crippen LogP contribution in [-0.4, -0.2) is 17.9 Å². The van der Waals surface area contributed by atoms with E-state index in [9.17, 15) is 14.0 Å². The SMILES string of the molecule is C[C@@H](OC(=O)Cc1ccc2ccccc2c1)C(=O)c1ccc(F)cc1. The highest BCUT2D eigenvalue weighted by molar-refractivity contribution is 6.00. The second-order valence-corrected chi connectivity index (χ2v) is 5.86. The van der Waals surface area contributed by atoms with Gasteiger partial charge in [0.2, 0.25) is 5.78 Å². The number of ether oxygens (including phenoxy) is 1. The lowest BCUT2D eigenvalue weighted by atomic mass is 10.0. The zero-order chi connectivity index (χ0) is 17.8. The van der Waals surface area contributed by atoms with Crippen molar-refractivity contribution >= 4 is 22.5 Å². The lowest BCUT2D eigenvalue weighted by molar-refractivity contribution is -0.145. The van der Waals surface area contributed by atoms with Crippen molar-refractivity contribution < 1.29 is 18.7 Å². The third kappa shape index (κ3) is 4.10. The molecule has 0 aliphatic heterocycles. The molecule has 4 heteroatoms. The third-order valence-corrected chi connectivity index (χ3v) is 3.97. The Labute approximate surface area is 145 Å². The van der Waals surface area contributed by atoms with Crippen molar-refractivity contribution in [1.82, 2.24) is 0 Å². The molecular formula is C21H17FO3. The van der Waals surface area contributed by atoms with Gasteiger partial charge in [0.1, 0.15) is 5.82 Å². The fourth-order valence-electron chi connectivity index (χ4n) is 2.66. The van der Waals surface area contributed by atoms with Gasteiger partial charge in [-0.25, -0.2) is 4.39 Å². The average Bonchev–Trinajstić information content (AvgIpc) is 2.61. The molecule has 0 fully saturated rings. The van der Waals surface area contributed by atoms with Crippen LogP contribution in [0.1, 0.15) is 22.8 Å². The van der Waals surface area contributed by atoms with Crippen LogP contribution in [0.15, 0.2) is 66.7 Å². The summed E-state index contributed by atoms with van der Waals surface area (Å²) in [5.74, 6) is -1.25. The molecule has 3 aromatic rings. The zero-order valence-corrected chi connectivity index (χ0v) is 13.7. The van der Waals surface area contributed by atoms with Gasteiger partial charge in [-0.15, -0.1) is 0 Å². The number of Topliss-reactive ketones (excluding diaryl/α,β-unsaturated/α-hetero) is 1. The van der Waals surface area contributed by atoms with E-state index in [1.54, 1.807) is 0 Å². The van der Waals surface area contributed by atoms with Crippen molar-refractivity contribution in [1.29, 1.82) is 0 Å². The Bertz CT molecular complexity index is 916. The molecule has 0 bridgehead atoms. The van der Waals surface area contributed by atoms with Crippen LogP contribution >= 0.6 is 0 Å². The van der Waals surface area contributed by atoms with E-state index in [-0.39, 0.29) is 12.2 Å². The Morgan fingerprint density at radius 3 is 2.36 bits per heavy atom. The Morgan fingerprint density at radius 2 is 1.64 bits per heavy atom. The van der Waals surface area contributed by atoms with Gasteiger partial charge in [0.25, 0.3) is 0 Å².